The molecule has 0 aliphatic carbocycles. The van der Waals surface area contributed by atoms with E-state index in [0.717, 1.165) is 11.1 Å². The minimum Gasteiger partial charge on any atom is -0.480 e. The van der Waals surface area contributed by atoms with Crippen LogP contribution in [0.15, 0.2) is 53.2 Å². The number of nitrogens with zero attached hydrogens (tertiary/aromatic N) is 7. The summed E-state index contributed by atoms with van der Waals surface area (Å²) in [5.74, 6) is 5.86. The van der Waals surface area contributed by atoms with Gasteiger partial charge in [-0.2, -0.15) is 15.1 Å². The van der Waals surface area contributed by atoms with Crippen LogP contribution in [0.5, 0.6) is 11.9 Å². The number of carbonyl (C=O) groups is 2. The lowest BCUT2D eigenvalue weighted by molar-refractivity contribution is -0.228. The maximum atomic E-state index is 13.0. The molecule has 63 heavy (non-hydrogen) atoms. The van der Waals surface area contributed by atoms with Crippen molar-refractivity contribution in [2.75, 3.05) is 82.3 Å². The zero-order chi connectivity index (χ0) is 44.1. The molecule has 7 heterocycles. The molecule has 1 amide bonds. The van der Waals surface area contributed by atoms with Crippen molar-refractivity contribution in [3.05, 3.63) is 60.0 Å². The lowest BCUT2D eigenvalue weighted by atomic mass is 9.90. The molecule has 3 atom stereocenters. The summed E-state index contributed by atoms with van der Waals surface area (Å²) >= 11 is 0. The number of nitrogens with one attached hydrogen (secondary N) is 1. The summed E-state index contributed by atoms with van der Waals surface area (Å²) in [6.45, 7) is 11.2. The number of aromatic nitrogens is 5. The number of furan rings is 1. The summed E-state index contributed by atoms with van der Waals surface area (Å²) in [4.78, 5) is 42.9. The van der Waals surface area contributed by atoms with Crippen molar-refractivity contribution in [1.29, 1.82) is 0 Å². The van der Waals surface area contributed by atoms with Crippen LogP contribution in [0.4, 0.5) is 16.3 Å². The number of hydrogen-bond acceptors (Lipinski definition) is 16. The normalized spacial score (nSPS) is 19.5. The third kappa shape index (κ3) is 10.0. The van der Waals surface area contributed by atoms with Gasteiger partial charge in [-0.1, -0.05) is 18.1 Å². The fourth-order valence-corrected chi connectivity index (χ4v) is 7.70. The number of aryl methyl sites for hydroxylation is 1. The van der Waals surface area contributed by atoms with Gasteiger partial charge in [0.05, 0.1) is 58.8 Å². The van der Waals surface area contributed by atoms with E-state index in [9.17, 15) is 14.7 Å². The van der Waals surface area contributed by atoms with Crippen LogP contribution in [0.1, 0.15) is 45.4 Å². The number of carbonyl (C=O) groups excluding carboxylic acids is 1. The number of alkyl carbamates (subject to hydrolysis) is 1. The number of pyridine rings is 1. The Balaban J connectivity index is 0.978. The smallest absolute Gasteiger partial charge is 0.407 e. The Morgan fingerprint density at radius 1 is 1.03 bits per heavy atom. The first-order valence-electron chi connectivity index (χ1n) is 21.0. The van der Waals surface area contributed by atoms with E-state index in [4.69, 9.17) is 47.5 Å². The summed E-state index contributed by atoms with van der Waals surface area (Å²) < 4.78 is 48.9. The summed E-state index contributed by atoms with van der Waals surface area (Å²) in [6, 6.07) is 10.1. The SMILES string of the molecule is C[C@@H]1N(c2cc(C#Cc3ccn(C)n3)cnc2O[C@H]2C[C@@H](C(=O)O)N(c3nc(OCCOCCOCCNC(=O)OC(C)(C)C)nc4c3oc3ccccc34)C2)CCOC12COC2. The number of benzene rings is 1. The molecule has 3 aliphatic rings. The van der Waals surface area contributed by atoms with Gasteiger partial charge in [-0.3, -0.25) is 4.68 Å². The Morgan fingerprint density at radius 3 is 2.57 bits per heavy atom. The van der Waals surface area contributed by atoms with E-state index < -0.39 is 35.4 Å². The van der Waals surface area contributed by atoms with Crippen LogP contribution < -0.4 is 24.6 Å². The van der Waals surface area contributed by atoms with Gasteiger partial charge in [0.1, 0.15) is 52.4 Å². The second-order valence-corrected chi connectivity index (χ2v) is 16.5. The predicted molar refractivity (Wildman–Crippen MR) is 228 cm³/mol. The average Bonchev–Trinajstić information content (AvgIpc) is 3.96. The molecule has 3 saturated heterocycles. The van der Waals surface area contributed by atoms with Crippen molar-refractivity contribution >= 4 is 45.6 Å². The minimum atomic E-state index is -1.05. The molecule has 1 spiro atoms. The highest BCUT2D eigenvalue weighted by molar-refractivity contribution is 6.06. The molecule has 8 rings (SSSR count). The number of anilines is 2. The maximum absolute atomic E-state index is 13.0. The number of hydrogen-bond donors (Lipinski definition) is 2. The third-order valence-electron chi connectivity index (χ3n) is 10.9. The van der Waals surface area contributed by atoms with Crippen molar-refractivity contribution in [3.63, 3.8) is 0 Å². The van der Waals surface area contributed by atoms with Crippen molar-refractivity contribution < 1.29 is 52.3 Å². The Morgan fingerprint density at radius 2 is 1.83 bits per heavy atom. The fourth-order valence-electron chi connectivity index (χ4n) is 7.70. The molecular weight excluding hydrogens is 817 g/mol. The standard InChI is InChI=1S/C44H52N8O11/c1-28-44(26-58-27-44)60-17-15-51(28)33-22-29(10-11-30-12-14-50(5)49-30)24-46-39(33)61-31-23-34(40(53)54)52(25-31)38-37-36(32-8-6-7-9-35(32)62-37)47-41(48-38)59-21-20-57-19-18-56-16-13-45-42(55)63-43(2,3)4/h6-9,12,14,22,24,28,31,34H,13,15-21,23,25-27H2,1-5H3,(H,45,55)(H,53,54)/t28-,31-,34-/m0/s1. The van der Waals surface area contributed by atoms with E-state index in [1.807, 2.05) is 49.6 Å². The monoisotopic (exact) mass is 868 g/mol. The largest absolute Gasteiger partial charge is 0.480 e. The van der Waals surface area contributed by atoms with Crippen LogP contribution in [-0.4, -0.2) is 144 Å². The van der Waals surface area contributed by atoms with E-state index in [1.54, 1.807) is 36.5 Å². The summed E-state index contributed by atoms with van der Waals surface area (Å²) in [6.07, 6.45) is 2.50. The first-order valence-corrected chi connectivity index (χ1v) is 21.0. The van der Waals surface area contributed by atoms with E-state index in [0.29, 0.717) is 86.6 Å². The Bertz CT molecular complexity index is 2490. The molecule has 0 radical (unpaired) electrons. The summed E-state index contributed by atoms with van der Waals surface area (Å²) in [7, 11) is 1.84. The molecule has 19 nitrogen and oxygen atoms in total. The van der Waals surface area contributed by atoms with Gasteiger partial charge in [0.2, 0.25) is 5.88 Å². The third-order valence-corrected chi connectivity index (χ3v) is 10.9. The molecule has 5 aromatic rings. The van der Waals surface area contributed by atoms with Crippen molar-refractivity contribution in [2.45, 2.75) is 63.5 Å². The van der Waals surface area contributed by atoms with Crippen LogP contribution >= 0.6 is 0 Å². The highest BCUT2D eigenvalue weighted by Gasteiger charge is 2.50. The lowest BCUT2D eigenvalue weighted by Crippen LogP contribution is -2.68. The van der Waals surface area contributed by atoms with E-state index in [-0.39, 0.29) is 44.0 Å². The van der Waals surface area contributed by atoms with Gasteiger partial charge in [-0.05, 0) is 57.9 Å². The van der Waals surface area contributed by atoms with Crippen LogP contribution in [0, 0.1) is 11.8 Å². The lowest BCUT2D eigenvalue weighted by Gasteiger charge is -2.53. The van der Waals surface area contributed by atoms with Crippen molar-refractivity contribution in [3.8, 4) is 23.7 Å². The highest BCUT2D eigenvalue weighted by Crippen LogP contribution is 2.41. The van der Waals surface area contributed by atoms with Gasteiger partial charge < -0.3 is 57.8 Å². The number of aliphatic carboxylic acids is 1. The van der Waals surface area contributed by atoms with Crippen molar-refractivity contribution in [2.24, 2.45) is 7.05 Å². The number of ether oxygens (including phenoxy) is 7. The van der Waals surface area contributed by atoms with Crippen LogP contribution in [-0.2, 0) is 35.5 Å². The van der Waals surface area contributed by atoms with E-state index in [1.165, 1.54) is 0 Å². The minimum absolute atomic E-state index is 0.0344. The molecule has 0 bridgehead atoms. The molecule has 4 aromatic heterocycles. The van der Waals surface area contributed by atoms with Crippen LogP contribution in [0.3, 0.4) is 0 Å². The summed E-state index contributed by atoms with van der Waals surface area (Å²) in [5, 5.41) is 18.4. The Labute approximate surface area is 363 Å². The molecule has 0 saturated carbocycles. The van der Waals surface area contributed by atoms with E-state index >= 15 is 0 Å². The molecular formula is C44H52N8O11. The maximum Gasteiger partial charge on any atom is 0.407 e. The van der Waals surface area contributed by atoms with Gasteiger partial charge in [0.15, 0.2) is 11.4 Å². The molecule has 2 N–H and O–H groups in total. The molecule has 1 aromatic carbocycles. The van der Waals surface area contributed by atoms with Gasteiger partial charge >= 0.3 is 18.1 Å². The first kappa shape index (κ1) is 43.4. The Kier molecular flexibility index (Phi) is 12.9. The zero-order valence-corrected chi connectivity index (χ0v) is 36.0. The molecule has 3 fully saturated rings. The Hall–Kier alpha value is -6.20. The highest BCUT2D eigenvalue weighted by atomic mass is 16.6. The van der Waals surface area contributed by atoms with Gasteiger partial charge in [-0.15, -0.1) is 0 Å². The first-order chi connectivity index (χ1) is 30.4. The number of rotatable bonds is 15. The number of amides is 1. The number of fused-ring (bicyclic) bond motifs is 3. The average molecular weight is 869 g/mol. The second kappa shape index (κ2) is 18.6. The van der Waals surface area contributed by atoms with E-state index in [2.05, 4.69) is 39.1 Å². The van der Waals surface area contributed by atoms with Gasteiger partial charge in [0.25, 0.3) is 0 Å². The number of para-hydroxylation sites is 1. The van der Waals surface area contributed by atoms with Gasteiger partial charge in [0, 0.05) is 49.9 Å². The number of morpholine rings is 1. The van der Waals surface area contributed by atoms with Crippen molar-refractivity contribution in [1.82, 2.24) is 30.0 Å². The molecule has 19 heteroatoms. The topological polar surface area (TPSA) is 207 Å². The second-order valence-electron chi connectivity index (χ2n) is 16.5. The van der Waals surface area contributed by atoms with Crippen LogP contribution in [0.25, 0.3) is 22.1 Å². The van der Waals surface area contributed by atoms with Crippen LogP contribution in [0.2, 0.25) is 0 Å². The number of carboxylic acids is 1. The molecule has 334 valence electrons. The van der Waals surface area contributed by atoms with Gasteiger partial charge in [-0.25, -0.2) is 14.6 Å². The molecule has 0 unspecified atom stereocenters. The fraction of sp³-hybridized carbons (Fsp3) is 0.500. The zero-order valence-electron chi connectivity index (χ0n) is 36.0. The summed E-state index contributed by atoms with van der Waals surface area (Å²) in [5.41, 5.74) is 2.36. The number of carboxylic acid groups (broad SMARTS) is 1. The predicted octanol–water partition coefficient (Wildman–Crippen LogP) is 3.95. The quantitative estimate of drug-likeness (QED) is 0.113. The molecule has 3 aliphatic heterocycles.